The van der Waals surface area contributed by atoms with Gasteiger partial charge >= 0.3 is 12.0 Å². The van der Waals surface area contributed by atoms with Crippen LogP contribution in [0.2, 0.25) is 0 Å². The minimum atomic E-state index is -1.00. The maximum absolute atomic E-state index is 12.3. The Bertz CT molecular complexity index is 894. The SMILES string of the molecule is CCC1(C)NC(=O)N(CC(=O)OCc2noc(-c3ccc(OC)cc3)n2)C1=O. The van der Waals surface area contributed by atoms with Gasteiger partial charge in [0.15, 0.2) is 6.61 Å². The summed E-state index contributed by atoms with van der Waals surface area (Å²) in [5.41, 5.74) is -0.317. The van der Waals surface area contributed by atoms with E-state index in [1.165, 1.54) is 0 Å². The number of aromatic nitrogens is 2. The zero-order chi connectivity index (χ0) is 20.3. The van der Waals surface area contributed by atoms with Crippen molar-refractivity contribution in [1.82, 2.24) is 20.4 Å². The number of hydrogen-bond donors (Lipinski definition) is 1. The third kappa shape index (κ3) is 3.80. The summed E-state index contributed by atoms with van der Waals surface area (Å²) in [5, 5.41) is 6.32. The number of hydrogen-bond acceptors (Lipinski definition) is 8. The number of methoxy groups -OCH3 is 1. The molecule has 1 atom stereocenters. The normalized spacial score (nSPS) is 18.9. The maximum atomic E-state index is 12.3. The van der Waals surface area contributed by atoms with Crippen molar-refractivity contribution in [2.75, 3.05) is 13.7 Å². The first-order valence-electron chi connectivity index (χ1n) is 8.63. The van der Waals surface area contributed by atoms with Gasteiger partial charge in [0.2, 0.25) is 5.82 Å². The molecule has 0 aliphatic carbocycles. The Morgan fingerprint density at radius 3 is 2.61 bits per heavy atom. The lowest BCUT2D eigenvalue weighted by Gasteiger charge is -2.18. The van der Waals surface area contributed by atoms with E-state index in [0.29, 0.717) is 17.7 Å². The molecule has 10 heteroatoms. The van der Waals surface area contributed by atoms with E-state index >= 15 is 0 Å². The van der Waals surface area contributed by atoms with Crippen molar-refractivity contribution >= 4 is 17.9 Å². The van der Waals surface area contributed by atoms with Gasteiger partial charge in [-0.1, -0.05) is 12.1 Å². The number of amides is 3. The molecule has 1 saturated heterocycles. The molecule has 0 saturated carbocycles. The number of urea groups is 1. The van der Waals surface area contributed by atoms with Crippen LogP contribution in [0.5, 0.6) is 5.75 Å². The molecule has 2 heterocycles. The number of ether oxygens (including phenoxy) is 2. The van der Waals surface area contributed by atoms with Gasteiger partial charge in [-0.05, 0) is 37.6 Å². The van der Waals surface area contributed by atoms with Crippen molar-refractivity contribution in [1.29, 1.82) is 0 Å². The molecule has 2 aromatic rings. The minimum absolute atomic E-state index is 0.162. The minimum Gasteiger partial charge on any atom is -0.497 e. The van der Waals surface area contributed by atoms with Crippen LogP contribution in [0.25, 0.3) is 11.5 Å². The largest absolute Gasteiger partial charge is 0.497 e. The predicted octanol–water partition coefficient (Wildman–Crippen LogP) is 1.51. The van der Waals surface area contributed by atoms with Gasteiger partial charge in [0.05, 0.1) is 7.11 Å². The van der Waals surface area contributed by atoms with Crippen LogP contribution in [0.3, 0.4) is 0 Å². The Morgan fingerprint density at radius 1 is 1.29 bits per heavy atom. The third-order valence-corrected chi connectivity index (χ3v) is 4.51. The zero-order valence-electron chi connectivity index (χ0n) is 15.7. The number of nitrogens with one attached hydrogen (secondary N) is 1. The number of benzene rings is 1. The Labute approximate surface area is 160 Å². The fourth-order valence-electron chi connectivity index (χ4n) is 2.61. The first-order valence-corrected chi connectivity index (χ1v) is 8.63. The van der Waals surface area contributed by atoms with Crippen molar-refractivity contribution < 1.29 is 28.4 Å². The van der Waals surface area contributed by atoms with E-state index in [1.54, 1.807) is 45.2 Å². The molecule has 1 aliphatic rings. The highest BCUT2D eigenvalue weighted by atomic mass is 16.5. The standard InChI is InChI=1S/C18H20N4O6/c1-4-18(2)16(24)22(17(25)20-18)9-14(23)27-10-13-19-15(28-21-13)11-5-7-12(26-3)8-6-11/h5-8H,4,9-10H2,1-3H3,(H,20,25). The second kappa shape index (κ2) is 7.67. The molecule has 148 valence electrons. The lowest BCUT2D eigenvalue weighted by atomic mass is 9.99. The summed E-state index contributed by atoms with van der Waals surface area (Å²) in [6, 6.07) is 6.39. The van der Waals surface area contributed by atoms with Gasteiger partial charge in [0.25, 0.3) is 11.8 Å². The topological polar surface area (TPSA) is 124 Å². The molecule has 1 aromatic heterocycles. The zero-order valence-corrected chi connectivity index (χ0v) is 15.7. The molecular formula is C18H20N4O6. The summed E-state index contributed by atoms with van der Waals surface area (Å²) >= 11 is 0. The molecular weight excluding hydrogens is 368 g/mol. The van der Waals surface area contributed by atoms with Gasteiger partial charge in [-0.25, -0.2) is 4.79 Å². The van der Waals surface area contributed by atoms with Crippen molar-refractivity contribution in [3.8, 4) is 17.2 Å². The molecule has 0 bridgehead atoms. The van der Waals surface area contributed by atoms with Crippen LogP contribution in [0.15, 0.2) is 28.8 Å². The van der Waals surface area contributed by atoms with Gasteiger partial charge in [-0.2, -0.15) is 4.98 Å². The summed E-state index contributed by atoms with van der Waals surface area (Å²) in [5.74, 6) is -0.0914. The highest BCUT2D eigenvalue weighted by molar-refractivity contribution is 6.08. The van der Waals surface area contributed by atoms with Gasteiger partial charge in [0, 0.05) is 5.56 Å². The smallest absolute Gasteiger partial charge is 0.326 e. The van der Waals surface area contributed by atoms with Crippen LogP contribution in [-0.4, -0.2) is 52.1 Å². The fraction of sp³-hybridized carbons (Fsp3) is 0.389. The highest BCUT2D eigenvalue weighted by Gasteiger charge is 2.47. The molecule has 1 aromatic carbocycles. The highest BCUT2D eigenvalue weighted by Crippen LogP contribution is 2.22. The molecule has 10 nitrogen and oxygen atoms in total. The molecule has 28 heavy (non-hydrogen) atoms. The number of esters is 1. The van der Waals surface area contributed by atoms with Crippen molar-refractivity contribution in [3.63, 3.8) is 0 Å². The third-order valence-electron chi connectivity index (χ3n) is 4.51. The van der Waals surface area contributed by atoms with E-state index in [4.69, 9.17) is 14.0 Å². The quantitative estimate of drug-likeness (QED) is 0.559. The molecule has 1 N–H and O–H groups in total. The number of carbonyl (C=O) groups is 3. The first kappa shape index (κ1) is 19.3. The van der Waals surface area contributed by atoms with Crippen molar-refractivity contribution in [2.45, 2.75) is 32.4 Å². The van der Waals surface area contributed by atoms with E-state index < -0.39 is 30.0 Å². The van der Waals surface area contributed by atoms with E-state index in [1.807, 2.05) is 0 Å². The summed E-state index contributed by atoms with van der Waals surface area (Å²) < 4.78 is 15.3. The Balaban J connectivity index is 1.56. The van der Waals surface area contributed by atoms with Crippen LogP contribution in [-0.2, 0) is 20.9 Å². The number of rotatable bonds is 7. The lowest BCUT2D eigenvalue weighted by Crippen LogP contribution is -2.43. The van der Waals surface area contributed by atoms with Gasteiger partial charge in [-0.15, -0.1) is 0 Å². The summed E-state index contributed by atoms with van der Waals surface area (Å²) in [4.78, 5) is 41.2. The Morgan fingerprint density at radius 2 is 2.00 bits per heavy atom. The Hall–Kier alpha value is -3.43. The monoisotopic (exact) mass is 388 g/mol. The Kier molecular flexibility index (Phi) is 5.30. The molecule has 1 unspecified atom stereocenters. The van der Waals surface area contributed by atoms with Crippen LogP contribution < -0.4 is 10.1 Å². The van der Waals surface area contributed by atoms with Crippen LogP contribution >= 0.6 is 0 Å². The molecule has 1 fully saturated rings. The molecule has 3 amide bonds. The van der Waals surface area contributed by atoms with E-state index in [9.17, 15) is 14.4 Å². The number of carbonyl (C=O) groups excluding carboxylic acids is 3. The summed E-state index contributed by atoms with van der Waals surface area (Å²) in [6.07, 6.45) is 0.417. The van der Waals surface area contributed by atoms with Crippen molar-refractivity contribution in [3.05, 3.63) is 30.1 Å². The fourth-order valence-corrected chi connectivity index (χ4v) is 2.61. The van der Waals surface area contributed by atoms with E-state index in [-0.39, 0.29) is 18.3 Å². The average molecular weight is 388 g/mol. The second-order valence-corrected chi connectivity index (χ2v) is 6.41. The summed E-state index contributed by atoms with van der Waals surface area (Å²) in [7, 11) is 1.57. The average Bonchev–Trinajstić information content (AvgIpc) is 3.26. The van der Waals surface area contributed by atoms with Crippen molar-refractivity contribution in [2.24, 2.45) is 0 Å². The van der Waals surface area contributed by atoms with E-state index in [2.05, 4.69) is 15.5 Å². The molecule has 0 radical (unpaired) electrons. The van der Waals surface area contributed by atoms with Gasteiger partial charge < -0.3 is 19.3 Å². The molecule has 3 rings (SSSR count). The van der Waals surface area contributed by atoms with E-state index in [0.717, 1.165) is 4.90 Å². The molecule has 0 spiro atoms. The maximum Gasteiger partial charge on any atom is 0.326 e. The molecule has 1 aliphatic heterocycles. The summed E-state index contributed by atoms with van der Waals surface area (Å²) in [6.45, 7) is 2.66. The second-order valence-electron chi connectivity index (χ2n) is 6.41. The van der Waals surface area contributed by atoms with Crippen LogP contribution in [0.1, 0.15) is 26.1 Å². The lowest BCUT2D eigenvalue weighted by molar-refractivity contribution is -0.149. The van der Waals surface area contributed by atoms with Gasteiger partial charge in [0.1, 0.15) is 17.8 Å². The van der Waals surface area contributed by atoms with Gasteiger partial charge in [-0.3, -0.25) is 14.5 Å². The predicted molar refractivity (Wildman–Crippen MR) is 95.0 cm³/mol. The number of imide groups is 1. The number of nitrogens with zero attached hydrogens (tertiary/aromatic N) is 3. The first-order chi connectivity index (χ1) is 13.4. The van der Waals surface area contributed by atoms with Crippen LogP contribution in [0, 0.1) is 0 Å². The van der Waals surface area contributed by atoms with Crippen LogP contribution in [0.4, 0.5) is 4.79 Å².